The van der Waals surface area contributed by atoms with E-state index in [-0.39, 0.29) is 22.9 Å². The number of benzene rings is 1. The summed E-state index contributed by atoms with van der Waals surface area (Å²) < 4.78 is 5.07. The monoisotopic (exact) mass is 295 g/mol. The highest BCUT2D eigenvalue weighted by molar-refractivity contribution is 7.98. The van der Waals surface area contributed by atoms with Gasteiger partial charge in [-0.05, 0) is 54.6 Å². The number of rotatable bonds is 4. The van der Waals surface area contributed by atoms with Gasteiger partial charge in [0.25, 0.3) is 5.91 Å². The molecule has 1 aromatic carbocycles. The normalized spacial score (nSPS) is 12.2. The summed E-state index contributed by atoms with van der Waals surface area (Å²) in [6, 6.07) is 11.1. The van der Waals surface area contributed by atoms with Gasteiger partial charge < -0.3 is 9.73 Å². The highest BCUT2D eigenvalue weighted by Crippen LogP contribution is 2.20. The Morgan fingerprint density at radius 3 is 2.47 bits per heavy atom. The van der Waals surface area contributed by atoms with E-state index < -0.39 is 0 Å². The molecule has 0 spiro atoms. The van der Waals surface area contributed by atoms with Gasteiger partial charge in [-0.2, -0.15) is 0 Å². The van der Waals surface area contributed by atoms with Crippen molar-refractivity contribution in [3.63, 3.8) is 0 Å². The zero-order valence-electron chi connectivity index (χ0n) is 10.6. The van der Waals surface area contributed by atoms with Crippen LogP contribution in [0.5, 0.6) is 0 Å². The number of carbonyl (C=O) groups is 1. The Labute approximate surface area is 121 Å². The molecule has 5 heteroatoms. The van der Waals surface area contributed by atoms with Crippen LogP contribution in [0, 0.1) is 0 Å². The molecule has 0 fully saturated rings. The molecular weight excluding hydrogens is 282 g/mol. The Morgan fingerprint density at radius 1 is 1.26 bits per heavy atom. The largest absolute Gasteiger partial charge is 0.440 e. The van der Waals surface area contributed by atoms with E-state index in [0.717, 1.165) is 5.56 Å². The summed E-state index contributed by atoms with van der Waals surface area (Å²) >= 11 is 7.33. The van der Waals surface area contributed by atoms with Crippen LogP contribution in [0.1, 0.15) is 29.1 Å². The van der Waals surface area contributed by atoms with Gasteiger partial charge in [-0.3, -0.25) is 4.79 Å². The third kappa shape index (κ3) is 3.55. The van der Waals surface area contributed by atoms with Gasteiger partial charge in [0.05, 0.1) is 6.04 Å². The lowest BCUT2D eigenvalue weighted by molar-refractivity contribution is 0.0912. The van der Waals surface area contributed by atoms with Crippen molar-refractivity contribution in [3.8, 4) is 0 Å². The van der Waals surface area contributed by atoms with E-state index in [1.807, 2.05) is 37.4 Å². The highest BCUT2D eigenvalue weighted by Gasteiger charge is 2.14. The summed E-state index contributed by atoms with van der Waals surface area (Å²) in [5, 5.41) is 3.08. The van der Waals surface area contributed by atoms with Crippen LogP contribution in [0.25, 0.3) is 0 Å². The predicted octanol–water partition coefficient (Wildman–Crippen LogP) is 4.15. The van der Waals surface area contributed by atoms with E-state index in [9.17, 15) is 4.79 Å². The van der Waals surface area contributed by atoms with Gasteiger partial charge in [0, 0.05) is 4.90 Å². The Hall–Kier alpha value is -1.39. The molecule has 0 saturated heterocycles. The van der Waals surface area contributed by atoms with E-state index in [4.69, 9.17) is 16.0 Å². The van der Waals surface area contributed by atoms with Crippen LogP contribution in [0.4, 0.5) is 0 Å². The Morgan fingerprint density at radius 2 is 1.95 bits per heavy atom. The minimum atomic E-state index is -0.270. The van der Waals surface area contributed by atoms with Crippen LogP contribution in [-0.4, -0.2) is 12.2 Å². The van der Waals surface area contributed by atoms with Crippen molar-refractivity contribution in [2.45, 2.75) is 17.9 Å². The topological polar surface area (TPSA) is 42.2 Å². The Balaban J connectivity index is 2.03. The molecule has 1 aromatic heterocycles. The minimum Gasteiger partial charge on any atom is -0.440 e. The standard InChI is InChI=1S/C14H14ClNO2S/c1-9(10-3-5-11(19-2)6-4-10)16-14(17)12-7-8-13(15)18-12/h3-9H,1-2H3,(H,16,17). The van der Waals surface area contributed by atoms with E-state index >= 15 is 0 Å². The molecule has 1 atom stereocenters. The summed E-state index contributed by atoms with van der Waals surface area (Å²) in [5.41, 5.74) is 1.05. The molecule has 0 aliphatic heterocycles. The number of thioether (sulfide) groups is 1. The molecule has 0 saturated carbocycles. The number of halogens is 1. The zero-order valence-corrected chi connectivity index (χ0v) is 12.2. The molecule has 3 nitrogen and oxygen atoms in total. The van der Waals surface area contributed by atoms with Gasteiger partial charge in [0.2, 0.25) is 0 Å². The number of hydrogen-bond acceptors (Lipinski definition) is 3. The molecule has 0 radical (unpaired) electrons. The third-order valence-corrected chi connectivity index (χ3v) is 3.71. The number of hydrogen-bond donors (Lipinski definition) is 1. The molecule has 1 N–H and O–H groups in total. The first-order valence-corrected chi connectivity index (χ1v) is 7.40. The molecule has 100 valence electrons. The lowest BCUT2D eigenvalue weighted by Crippen LogP contribution is -2.26. The number of amides is 1. The van der Waals surface area contributed by atoms with Crippen LogP contribution in [0.2, 0.25) is 5.22 Å². The van der Waals surface area contributed by atoms with Gasteiger partial charge in [-0.15, -0.1) is 11.8 Å². The van der Waals surface area contributed by atoms with Crippen molar-refractivity contribution < 1.29 is 9.21 Å². The van der Waals surface area contributed by atoms with Crippen LogP contribution < -0.4 is 5.32 Å². The first-order chi connectivity index (χ1) is 9.10. The summed E-state index contributed by atoms with van der Waals surface area (Å²) in [7, 11) is 0. The van der Waals surface area contributed by atoms with E-state index in [1.54, 1.807) is 23.9 Å². The van der Waals surface area contributed by atoms with E-state index in [2.05, 4.69) is 5.32 Å². The van der Waals surface area contributed by atoms with Crippen molar-refractivity contribution in [1.29, 1.82) is 0 Å². The average molecular weight is 296 g/mol. The third-order valence-electron chi connectivity index (χ3n) is 2.76. The second kappa shape index (κ2) is 6.17. The summed E-state index contributed by atoms with van der Waals surface area (Å²) in [4.78, 5) is 13.1. The molecule has 1 unspecified atom stereocenters. The molecule has 0 bridgehead atoms. The van der Waals surface area contributed by atoms with Crippen molar-refractivity contribution in [2.75, 3.05) is 6.26 Å². The minimum absolute atomic E-state index is 0.0905. The fourth-order valence-electron chi connectivity index (χ4n) is 1.68. The predicted molar refractivity (Wildman–Crippen MR) is 77.8 cm³/mol. The van der Waals surface area contributed by atoms with Gasteiger partial charge >= 0.3 is 0 Å². The van der Waals surface area contributed by atoms with Crippen LogP contribution in [0.3, 0.4) is 0 Å². The smallest absolute Gasteiger partial charge is 0.287 e. The summed E-state index contributed by atoms with van der Waals surface area (Å²) in [5.74, 6) is -0.0501. The second-order valence-corrected chi connectivity index (χ2v) is 5.32. The molecule has 2 rings (SSSR count). The zero-order chi connectivity index (χ0) is 13.8. The Bertz CT molecular complexity index is 565. The van der Waals surface area contributed by atoms with Crippen LogP contribution in [-0.2, 0) is 0 Å². The van der Waals surface area contributed by atoms with Gasteiger partial charge in [-0.1, -0.05) is 12.1 Å². The molecule has 1 heterocycles. The maximum Gasteiger partial charge on any atom is 0.287 e. The lowest BCUT2D eigenvalue weighted by atomic mass is 10.1. The molecule has 1 amide bonds. The molecule has 2 aromatic rings. The summed E-state index contributed by atoms with van der Waals surface area (Å²) in [6.45, 7) is 1.93. The van der Waals surface area contributed by atoms with Gasteiger partial charge in [0.1, 0.15) is 0 Å². The van der Waals surface area contributed by atoms with Crippen molar-refractivity contribution in [2.24, 2.45) is 0 Å². The molecular formula is C14H14ClNO2S. The van der Waals surface area contributed by atoms with Crippen molar-refractivity contribution in [3.05, 3.63) is 52.9 Å². The highest BCUT2D eigenvalue weighted by atomic mass is 35.5. The van der Waals surface area contributed by atoms with E-state index in [1.165, 1.54) is 4.90 Å². The second-order valence-electron chi connectivity index (χ2n) is 4.07. The maximum atomic E-state index is 11.9. The maximum absolute atomic E-state index is 11.9. The number of nitrogens with one attached hydrogen (secondary N) is 1. The average Bonchev–Trinajstić information content (AvgIpc) is 2.85. The fourth-order valence-corrected chi connectivity index (χ4v) is 2.23. The Kier molecular flexibility index (Phi) is 4.56. The van der Waals surface area contributed by atoms with Crippen molar-refractivity contribution in [1.82, 2.24) is 5.32 Å². The quantitative estimate of drug-likeness (QED) is 0.862. The molecule has 0 aliphatic rings. The first kappa shape index (κ1) is 14.0. The van der Waals surface area contributed by atoms with Gasteiger partial charge in [0.15, 0.2) is 11.0 Å². The molecule has 0 aliphatic carbocycles. The van der Waals surface area contributed by atoms with Crippen LogP contribution >= 0.6 is 23.4 Å². The molecule has 19 heavy (non-hydrogen) atoms. The number of furan rings is 1. The SMILES string of the molecule is CSc1ccc(C(C)NC(=O)c2ccc(Cl)o2)cc1. The first-order valence-electron chi connectivity index (χ1n) is 5.80. The summed E-state index contributed by atoms with van der Waals surface area (Å²) in [6.07, 6.45) is 2.03. The van der Waals surface area contributed by atoms with Crippen molar-refractivity contribution >= 4 is 29.3 Å². The lowest BCUT2D eigenvalue weighted by Gasteiger charge is -2.13. The fraction of sp³-hybridized carbons (Fsp3) is 0.214. The van der Waals surface area contributed by atoms with E-state index in [0.29, 0.717) is 0 Å². The number of carbonyl (C=O) groups excluding carboxylic acids is 1. The van der Waals surface area contributed by atoms with Gasteiger partial charge in [-0.25, -0.2) is 0 Å². The van der Waals surface area contributed by atoms with Crippen LogP contribution in [0.15, 0.2) is 45.7 Å².